The average molecular weight is 364 g/mol. The Morgan fingerprint density at radius 3 is 2.20 bits per heavy atom. The summed E-state index contributed by atoms with van der Waals surface area (Å²) in [5, 5.41) is 0. The molecule has 0 radical (unpaired) electrons. The van der Waals surface area contributed by atoms with Gasteiger partial charge in [0, 0.05) is 0 Å². The molecule has 2 aromatic carbocycles. The molecule has 0 amide bonds. The number of esters is 1. The van der Waals surface area contributed by atoms with Crippen molar-refractivity contribution < 1.29 is 40.6 Å². The minimum Gasteiger partial charge on any atom is -0.465 e. The lowest BCUT2D eigenvalue weighted by atomic mass is 9.96. The Morgan fingerprint density at radius 1 is 0.960 bits per heavy atom. The molecule has 9 heteroatoms. The van der Waals surface area contributed by atoms with Crippen LogP contribution in [0.25, 0.3) is 11.1 Å². The van der Waals surface area contributed by atoms with Crippen molar-refractivity contribution in [2.24, 2.45) is 0 Å². The summed E-state index contributed by atoms with van der Waals surface area (Å²) in [4.78, 5) is 11.5. The van der Waals surface area contributed by atoms with E-state index in [0.29, 0.717) is 6.07 Å². The molecule has 0 saturated heterocycles. The highest BCUT2D eigenvalue weighted by Crippen LogP contribution is 2.39. The summed E-state index contributed by atoms with van der Waals surface area (Å²) in [5.41, 5.74) is -1.94. The Balaban J connectivity index is 2.59. The SMILES string of the molecule is COC(=O)c1ccc(C(F)(F)F)c(-c2cccc(OC(F)(F)F)c2)c1. The van der Waals surface area contributed by atoms with Gasteiger partial charge in [-0.15, -0.1) is 13.2 Å². The Kier molecular flexibility index (Phi) is 4.96. The molecule has 0 saturated carbocycles. The summed E-state index contributed by atoms with van der Waals surface area (Å²) < 4.78 is 84.6. The van der Waals surface area contributed by atoms with E-state index in [9.17, 15) is 31.1 Å². The van der Waals surface area contributed by atoms with Gasteiger partial charge < -0.3 is 9.47 Å². The van der Waals surface area contributed by atoms with Crippen molar-refractivity contribution in [1.82, 2.24) is 0 Å². The number of carbonyl (C=O) groups excluding carboxylic acids is 1. The predicted molar refractivity (Wildman–Crippen MR) is 74.9 cm³/mol. The van der Waals surface area contributed by atoms with Crippen LogP contribution in [0.2, 0.25) is 0 Å². The van der Waals surface area contributed by atoms with Crippen LogP contribution in [-0.2, 0) is 10.9 Å². The summed E-state index contributed by atoms with van der Waals surface area (Å²) in [7, 11) is 1.05. The summed E-state index contributed by atoms with van der Waals surface area (Å²) in [5.74, 6) is -1.56. The van der Waals surface area contributed by atoms with Crippen molar-refractivity contribution in [2.45, 2.75) is 12.5 Å². The molecule has 3 nitrogen and oxygen atoms in total. The summed E-state index contributed by atoms with van der Waals surface area (Å²) >= 11 is 0. The molecule has 134 valence electrons. The van der Waals surface area contributed by atoms with Crippen LogP contribution in [0, 0.1) is 0 Å². The van der Waals surface area contributed by atoms with Gasteiger partial charge >= 0.3 is 18.5 Å². The lowest BCUT2D eigenvalue weighted by Gasteiger charge is -2.15. The van der Waals surface area contributed by atoms with Crippen LogP contribution in [0.1, 0.15) is 15.9 Å². The highest BCUT2D eigenvalue weighted by Gasteiger charge is 2.35. The van der Waals surface area contributed by atoms with E-state index >= 15 is 0 Å². The Labute approximate surface area is 137 Å². The van der Waals surface area contributed by atoms with Crippen molar-refractivity contribution in [3.8, 4) is 16.9 Å². The van der Waals surface area contributed by atoms with Crippen molar-refractivity contribution in [1.29, 1.82) is 0 Å². The van der Waals surface area contributed by atoms with Gasteiger partial charge in [0.2, 0.25) is 0 Å². The molecule has 0 atom stereocenters. The Bertz CT molecular complexity index is 780. The first-order chi connectivity index (χ1) is 11.5. The van der Waals surface area contributed by atoms with Crippen molar-refractivity contribution in [2.75, 3.05) is 7.11 Å². The quantitative estimate of drug-likeness (QED) is 0.564. The van der Waals surface area contributed by atoms with E-state index in [-0.39, 0.29) is 11.1 Å². The average Bonchev–Trinajstić information content (AvgIpc) is 2.51. The summed E-state index contributed by atoms with van der Waals surface area (Å²) in [6.45, 7) is 0. The zero-order valence-electron chi connectivity index (χ0n) is 12.5. The van der Waals surface area contributed by atoms with Crippen LogP contribution in [0.4, 0.5) is 26.3 Å². The fourth-order valence-corrected chi connectivity index (χ4v) is 2.14. The normalized spacial score (nSPS) is 12.0. The maximum Gasteiger partial charge on any atom is 0.573 e. The van der Waals surface area contributed by atoms with E-state index in [1.807, 2.05) is 0 Å². The number of benzene rings is 2. The molecule has 0 aliphatic rings. The van der Waals surface area contributed by atoms with Gasteiger partial charge in [-0.05, 0) is 41.5 Å². The third-order valence-corrected chi connectivity index (χ3v) is 3.12. The molecule has 2 aromatic rings. The van der Waals surface area contributed by atoms with Crippen LogP contribution < -0.4 is 4.74 Å². The summed E-state index contributed by atoms with van der Waals surface area (Å²) in [6.07, 6.45) is -9.76. The number of carbonyl (C=O) groups is 1. The second-order valence-corrected chi connectivity index (χ2v) is 4.83. The lowest BCUT2D eigenvalue weighted by molar-refractivity contribution is -0.274. The van der Waals surface area contributed by atoms with E-state index in [0.717, 1.165) is 37.4 Å². The van der Waals surface area contributed by atoms with Crippen LogP contribution in [0.5, 0.6) is 5.75 Å². The molecule has 0 heterocycles. The molecule has 0 spiro atoms. The van der Waals surface area contributed by atoms with Gasteiger partial charge in [-0.3, -0.25) is 0 Å². The van der Waals surface area contributed by atoms with E-state index in [1.165, 1.54) is 6.07 Å². The maximum absolute atomic E-state index is 13.2. The number of alkyl halides is 6. The number of halogens is 6. The van der Waals surface area contributed by atoms with Crippen LogP contribution in [0.15, 0.2) is 42.5 Å². The van der Waals surface area contributed by atoms with Crippen molar-refractivity contribution >= 4 is 5.97 Å². The largest absolute Gasteiger partial charge is 0.573 e. The standard InChI is InChI=1S/C16H10F6O3/c1-24-14(23)10-5-6-13(15(17,18)19)12(8-10)9-3-2-4-11(7-9)25-16(20,21)22/h2-8H,1H3. The number of hydrogen-bond donors (Lipinski definition) is 0. The molecule has 0 N–H and O–H groups in total. The third kappa shape index (κ3) is 4.65. The first kappa shape index (κ1) is 18.6. The monoisotopic (exact) mass is 364 g/mol. The second kappa shape index (κ2) is 6.66. The van der Waals surface area contributed by atoms with Crippen molar-refractivity contribution in [3.63, 3.8) is 0 Å². The van der Waals surface area contributed by atoms with Gasteiger partial charge in [-0.2, -0.15) is 13.2 Å². The van der Waals surface area contributed by atoms with Gasteiger partial charge in [0.15, 0.2) is 0 Å². The molecule has 25 heavy (non-hydrogen) atoms. The first-order valence-electron chi connectivity index (χ1n) is 6.67. The molecule has 2 rings (SSSR count). The van der Waals surface area contributed by atoms with Gasteiger partial charge in [0.25, 0.3) is 0 Å². The lowest BCUT2D eigenvalue weighted by Crippen LogP contribution is -2.17. The first-order valence-corrected chi connectivity index (χ1v) is 6.67. The fourth-order valence-electron chi connectivity index (χ4n) is 2.14. The van der Waals surface area contributed by atoms with Crippen LogP contribution in [-0.4, -0.2) is 19.4 Å². The van der Waals surface area contributed by atoms with E-state index in [2.05, 4.69) is 9.47 Å². The van der Waals surface area contributed by atoms with Crippen molar-refractivity contribution in [3.05, 3.63) is 53.6 Å². The molecule has 0 aromatic heterocycles. The second-order valence-electron chi connectivity index (χ2n) is 4.83. The number of rotatable bonds is 3. The number of ether oxygens (including phenoxy) is 2. The molecule has 0 fully saturated rings. The fraction of sp³-hybridized carbons (Fsp3) is 0.188. The van der Waals surface area contributed by atoms with Crippen LogP contribution in [0.3, 0.4) is 0 Å². The molecule has 0 aliphatic carbocycles. The Hall–Kier alpha value is -2.71. The third-order valence-electron chi connectivity index (χ3n) is 3.12. The summed E-state index contributed by atoms with van der Waals surface area (Å²) in [6, 6.07) is 6.54. The number of methoxy groups -OCH3 is 1. The minimum absolute atomic E-state index is 0.173. The van der Waals surface area contributed by atoms with E-state index < -0.39 is 35.4 Å². The van der Waals surface area contributed by atoms with E-state index in [1.54, 1.807) is 0 Å². The van der Waals surface area contributed by atoms with Gasteiger partial charge in [0.05, 0.1) is 18.2 Å². The maximum atomic E-state index is 13.2. The molecular weight excluding hydrogens is 354 g/mol. The highest BCUT2D eigenvalue weighted by atomic mass is 19.4. The topological polar surface area (TPSA) is 35.5 Å². The zero-order valence-corrected chi connectivity index (χ0v) is 12.5. The van der Waals surface area contributed by atoms with Gasteiger partial charge in [-0.1, -0.05) is 12.1 Å². The van der Waals surface area contributed by atoms with E-state index in [4.69, 9.17) is 0 Å². The van der Waals surface area contributed by atoms with Gasteiger partial charge in [-0.25, -0.2) is 4.79 Å². The molecule has 0 aliphatic heterocycles. The Morgan fingerprint density at radius 2 is 1.64 bits per heavy atom. The molecule has 0 unspecified atom stereocenters. The smallest absolute Gasteiger partial charge is 0.465 e. The predicted octanol–water partition coefficient (Wildman–Crippen LogP) is 5.06. The minimum atomic E-state index is -4.99. The zero-order chi connectivity index (χ0) is 18.8. The van der Waals surface area contributed by atoms with Gasteiger partial charge in [0.1, 0.15) is 5.75 Å². The number of hydrogen-bond acceptors (Lipinski definition) is 3. The van der Waals surface area contributed by atoms with Crippen LogP contribution >= 0.6 is 0 Å². The molecular formula is C16H10F6O3. The molecule has 0 bridgehead atoms. The highest BCUT2D eigenvalue weighted by molar-refractivity contribution is 5.91.